The van der Waals surface area contributed by atoms with E-state index >= 15 is 0 Å². The molecular weight excluding hydrogens is 270 g/mol. The number of carbonyl (C=O) groups is 2. The van der Waals surface area contributed by atoms with Crippen molar-refractivity contribution in [3.63, 3.8) is 0 Å². The lowest BCUT2D eigenvalue weighted by atomic mass is 10.2. The summed E-state index contributed by atoms with van der Waals surface area (Å²) in [6.07, 6.45) is 1.46. The fraction of sp³-hybridized carbons (Fsp3) is 0.385. The highest BCUT2D eigenvalue weighted by Crippen LogP contribution is 2.23. The SMILES string of the molecule is COC(=O)c1ccc(Cl)c(NC(=O)CCCCO)c1. The van der Waals surface area contributed by atoms with Crippen LogP contribution < -0.4 is 5.32 Å². The molecule has 0 heterocycles. The lowest BCUT2D eigenvalue weighted by Gasteiger charge is -2.08. The number of hydrogen-bond acceptors (Lipinski definition) is 4. The van der Waals surface area contributed by atoms with Crippen molar-refractivity contribution in [1.29, 1.82) is 0 Å². The summed E-state index contributed by atoms with van der Waals surface area (Å²) in [5.74, 6) is -0.704. The first kappa shape index (κ1) is 15.5. The summed E-state index contributed by atoms with van der Waals surface area (Å²) in [5, 5.41) is 11.6. The normalized spacial score (nSPS) is 10.1. The van der Waals surface area contributed by atoms with E-state index in [0.29, 0.717) is 35.5 Å². The monoisotopic (exact) mass is 285 g/mol. The van der Waals surface area contributed by atoms with E-state index in [1.165, 1.54) is 25.3 Å². The molecule has 0 saturated carbocycles. The molecule has 0 aliphatic heterocycles. The molecule has 0 radical (unpaired) electrons. The molecule has 19 heavy (non-hydrogen) atoms. The Morgan fingerprint density at radius 3 is 2.74 bits per heavy atom. The van der Waals surface area contributed by atoms with E-state index in [1.54, 1.807) is 0 Å². The zero-order valence-electron chi connectivity index (χ0n) is 10.6. The Morgan fingerprint density at radius 2 is 2.11 bits per heavy atom. The predicted octanol–water partition coefficient (Wildman–Crippen LogP) is 2.23. The van der Waals surface area contributed by atoms with Crippen molar-refractivity contribution < 1.29 is 19.4 Å². The zero-order valence-corrected chi connectivity index (χ0v) is 11.4. The molecule has 0 unspecified atom stereocenters. The molecule has 0 spiro atoms. The summed E-state index contributed by atoms with van der Waals surface area (Å²) in [4.78, 5) is 23.0. The van der Waals surface area contributed by atoms with Gasteiger partial charge in [0.15, 0.2) is 0 Å². The van der Waals surface area contributed by atoms with Gasteiger partial charge in [0.2, 0.25) is 5.91 Å². The number of unbranched alkanes of at least 4 members (excludes halogenated alkanes) is 1. The Balaban J connectivity index is 2.71. The maximum absolute atomic E-state index is 11.6. The second-order valence-electron chi connectivity index (χ2n) is 3.92. The lowest BCUT2D eigenvalue weighted by molar-refractivity contribution is -0.116. The number of rotatable bonds is 6. The maximum atomic E-state index is 11.6. The molecule has 104 valence electrons. The number of halogens is 1. The van der Waals surface area contributed by atoms with Crippen LogP contribution in [0.5, 0.6) is 0 Å². The topological polar surface area (TPSA) is 75.6 Å². The summed E-state index contributed by atoms with van der Waals surface area (Å²) in [6, 6.07) is 4.52. The average molecular weight is 286 g/mol. The molecular formula is C13H16ClNO4. The number of carbonyl (C=O) groups excluding carboxylic acids is 2. The third-order valence-corrected chi connectivity index (χ3v) is 2.80. The molecule has 0 aliphatic rings. The first-order valence-corrected chi connectivity index (χ1v) is 6.25. The minimum absolute atomic E-state index is 0.0614. The Kier molecular flexibility index (Phi) is 6.32. The number of benzene rings is 1. The van der Waals surface area contributed by atoms with Crippen LogP contribution in [-0.4, -0.2) is 30.7 Å². The number of hydrogen-bond donors (Lipinski definition) is 2. The minimum Gasteiger partial charge on any atom is -0.465 e. The van der Waals surface area contributed by atoms with Crippen molar-refractivity contribution in [3.05, 3.63) is 28.8 Å². The van der Waals surface area contributed by atoms with Gasteiger partial charge in [-0.1, -0.05) is 11.6 Å². The molecule has 6 heteroatoms. The molecule has 0 aliphatic carbocycles. The number of methoxy groups -OCH3 is 1. The van der Waals surface area contributed by atoms with Crippen molar-refractivity contribution >= 4 is 29.2 Å². The van der Waals surface area contributed by atoms with Gasteiger partial charge in [-0.25, -0.2) is 4.79 Å². The Bertz CT molecular complexity index is 462. The van der Waals surface area contributed by atoms with Crippen LogP contribution in [0.4, 0.5) is 5.69 Å². The first-order chi connectivity index (χ1) is 9.08. The summed E-state index contributed by atoms with van der Waals surface area (Å²) in [6.45, 7) is 0.0614. The predicted molar refractivity (Wildman–Crippen MR) is 72.4 cm³/mol. The van der Waals surface area contributed by atoms with E-state index in [1.807, 2.05) is 0 Å². The van der Waals surface area contributed by atoms with Crippen LogP contribution in [-0.2, 0) is 9.53 Å². The van der Waals surface area contributed by atoms with Gasteiger partial charge in [-0.2, -0.15) is 0 Å². The maximum Gasteiger partial charge on any atom is 0.337 e. The van der Waals surface area contributed by atoms with Crippen molar-refractivity contribution in [1.82, 2.24) is 0 Å². The highest BCUT2D eigenvalue weighted by molar-refractivity contribution is 6.33. The van der Waals surface area contributed by atoms with Crippen LogP contribution in [0.3, 0.4) is 0 Å². The van der Waals surface area contributed by atoms with E-state index in [4.69, 9.17) is 16.7 Å². The van der Waals surface area contributed by atoms with Crippen LogP contribution in [0.15, 0.2) is 18.2 Å². The molecule has 0 atom stereocenters. The summed E-state index contributed by atoms with van der Waals surface area (Å²) >= 11 is 5.94. The molecule has 2 N–H and O–H groups in total. The fourth-order valence-electron chi connectivity index (χ4n) is 1.48. The molecule has 0 bridgehead atoms. The fourth-order valence-corrected chi connectivity index (χ4v) is 1.64. The van der Waals surface area contributed by atoms with Gasteiger partial charge in [-0.15, -0.1) is 0 Å². The summed E-state index contributed by atoms with van der Waals surface area (Å²) in [7, 11) is 1.28. The average Bonchev–Trinajstić information content (AvgIpc) is 2.40. The van der Waals surface area contributed by atoms with Crippen molar-refractivity contribution in [2.75, 3.05) is 19.0 Å². The molecule has 0 fully saturated rings. The molecule has 0 aromatic heterocycles. The first-order valence-electron chi connectivity index (χ1n) is 5.87. The molecule has 5 nitrogen and oxygen atoms in total. The van der Waals surface area contributed by atoms with Gasteiger partial charge in [-0.3, -0.25) is 4.79 Å². The van der Waals surface area contributed by atoms with Crippen LogP contribution >= 0.6 is 11.6 Å². The van der Waals surface area contributed by atoms with Crippen LogP contribution in [0.2, 0.25) is 5.02 Å². The Labute approximate surface area is 116 Å². The number of esters is 1. The van der Waals surface area contributed by atoms with Gasteiger partial charge < -0.3 is 15.2 Å². The van der Waals surface area contributed by atoms with Crippen LogP contribution in [0.1, 0.15) is 29.6 Å². The van der Waals surface area contributed by atoms with Gasteiger partial charge >= 0.3 is 5.97 Å². The Hall–Kier alpha value is -1.59. The minimum atomic E-state index is -0.493. The quantitative estimate of drug-likeness (QED) is 0.621. The number of aliphatic hydroxyl groups excluding tert-OH is 1. The second kappa shape index (κ2) is 7.76. The second-order valence-corrected chi connectivity index (χ2v) is 4.32. The summed E-state index contributed by atoms with van der Waals surface area (Å²) in [5.41, 5.74) is 0.691. The number of aliphatic hydroxyl groups is 1. The van der Waals surface area contributed by atoms with E-state index in [2.05, 4.69) is 10.1 Å². The molecule has 1 aromatic carbocycles. The van der Waals surface area contributed by atoms with E-state index in [9.17, 15) is 9.59 Å². The van der Waals surface area contributed by atoms with Gasteiger partial charge in [0, 0.05) is 13.0 Å². The number of nitrogens with one attached hydrogen (secondary N) is 1. The number of amides is 1. The lowest BCUT2D eigenvalue weighted by Crippen LogP contribution is -2.12. The van der Waals surface area contributed by atoms with Crippen LogP contribution in [0.25, 0.3) is 0 Å². The van der Waals surface area contributed by atoms with Crippen molar-refractivity contribution in [2.45, 2.75) is 19.3 Å². The molecule has 1 aromatic rings. The highest BCUT2D eigenvalue weighted by atomic mass is 35.5. The highest BCUT2D eigenvalue weighted by Gasteiger charge is 2.11. The standard InChI is InChI=1S/C13H16ClNO4/c1-19-13(18)9-5-6-10(14)11(8-9)15-12(17)4-2-3-7-16/h5-6,8,16H,2-4,7H2,1H3,(H,15,17). The van der Waals surface area contributed by atoms with Gasteiger partial charge in [-0.05, 0) is 31.0 Å². The third-order valence-electron chi connectivity index (χ3n) is 2.47. The molecule has 1 amide bonds. The number of ether oxygens (including phenoxy) is 1. The van der Waals surface area contributed by atoms with E-state index in [-0.39, 0.29) is 12.5 Å². The largest absolute Gasteiger partial charge is 0.465 e. The van der Waals surface area contributed by atoms with Crippen molar-refractivity contribution in [3.8, 4) is 0 Å². The van der Waals surface area contributed by atoms with E-state index in [0.717, 1.165) is 0 Å². The molecule has 0 saturated heterocycles. The number of anilines is 1. The smallest absolute Gasteiger partial charge is 0.337 e. The zero-order chi connectivity index (χ0) is 14.3. The van der Waals surface area contributed by atoms with E-state index < -0.39 is 5.97 Å². The van der Waals surface area contributed by atoms with Gasteiger partial charge in [0.25, 0.3) is 0 Å². The van der Waals surface area contributed by atoms with Gasteiger partial charge in [0.1, 0.15) is 0 Å². The van der Waals surface area contributed by atoms with Crippen LogP contribution in [0, 0.1) is 0 Å². The van der Waals surface area contributed by atoms with Gasteiger partial charge in [0.05, 0.1) is 23.4 Å². The van der Waals surface area contributed by atoms with Crippen molar-refractivity contribution in [2.24, 2.45) is 0 Å². The third kappa shape index (κ3) is 4.89. The Morgan fingerprint density at radius 1 is 1.37 bits per heavy atom. The summed E-state index contributed by atoms with van der Waals surface area (Å²) < 4.78 is 4.59. The molecule has 1 rings (SSSR count).